The lowest BCUT2D eigenvalue weighted by Crippen LogP contribution is -2.62. The molecule has 4 fully saturated rings. The molecule has 35 heavy (non-hydrogen) atoms. The number of carbonyl (C=O) groups excluding carboxylic acids is 2. The SMILES string of the molecule is Cc1cccc(C)c1OCc1nnc(SC(C)C(=O)NC(=O)NC23CC4CC(CC(C4)C2)C3)n1N. The van der Waals surface area contributed by atoms with Crippen LogP contribution in [0, 0.1) is 31.6 Å². The van der Waals surface area contributed by atoms with Gasteiger partial charge in [-0.25, -0.2) is 9.47 Å². The van der Waals surface area contributed by atoms with Crippen LogP contribution in [0.5, 0.6) is 5.75 Å². The Kier molecular flexibility index (Phi) is 6.41. The number of carbonyl (C=O) groups is 2. The van der Waals surface area contributed by atoms with Crippen molar-refractivity contribution in [2.45, 2.75) is 81.8 Å². The third-order valence-electron chi connectivity index (χ3n) is 7.79. The van der Waals surface area contributed by atoms with Gasteiger partial charge in [-0.1, -0.05) is 30.0 Å². The molecule has 0 radical (unpaired) electrons. The molecule has 1 aromatic heterocycles. The number of hydrogen-bond donors (Lipinski definition) is 3. The zero-order valence-electron chi connectivity index (χ0n) is 20.5. The van der Waals surface area contributed by atoms with E-state index in [9.17, 15) is 9.59 Å². The highest BCUT2D eigenvalue weighted by atomic mass is 32.2. The maximum absolute atomic E-state index is 12.7. The van der Waals surface area contributed by atoms with Crippen LogP contribution in [0.25, 0.3) is 0 Å². The van der Waals surface area contributed by atoms with E-state index in [1.54, 1.807) is 6.92 Å². The van der Waals surface area contributed by atoms with Gasteiger partial charge in [0, 0.05) is 5.54 Å². The van der Waals surface area contributed by atoms with Crippen molar-refractivity contribution in [1.82, 2.24) is 25.5 Å². The smallest absolute Gasteiger partial charge is 0.321 e. The van der Waals surface area contributed by atoms with Crippen molar-refractivity contribution >= 4 is 23.7 Å². The van der Waals surface area contributed by atoms with E-state index >= 15 is 0 Å². The number of imide groups is 1. The first-order valence-electron chi connectivity index (χ1n) is 12.4. The molecule has 4 aliphatic carbocycles. The van der Waals surface area contributed by atoms with E-state index in [1.807, 2.05) is 32.0 Å². The highest BCUT2D eigenvalue weighted by Crippen LogP contribution is 2.55. The van der Waals surface area contributed by atoms with Crippen molar-refractivity contribution in [2.75, 3.05) is 5.84 Å². The largest absolute Gasteiger partial charge is 0.485 e. The zero-order chi connectivity index (χ0) is 24.7. The maximum Gasteiger partial charge on any atom is 0.321 e. The predicted octanol–water partition coefficient (Wildman–Crippen LogP) is 3.46. The minimum absolute atomic E-state index is 0.142. The molecule has 9 nitrogen and oxygen atoms in total. The summed E-state index contributed by atoms with van der Waals surface area (Å²) in [5, 5.41) is 13.7. The molecule has 10 heteroatoms. The molecule has 188 valence electrons. The first-order chi connectivity index (χ1) is 16.7. The molecule has 1 aromatic carbocycles. The maximum atomic E-state index is 12.7. The van der Waals surface area contributed by atoms with Gasteiger partial charge in [0.05, 0.1) is 5.25 Å². The summed E-state index contributed by atoms with van der Waals surface area (Å²) in [4.78, 5) is 25.4. The number of benzene rings is 1. The predicted molar refractivity (Wildman–Crippen MR) is 133 cm³/mol. The van der Waals surface area contributed by atoms with Gasteiger partial charge in [0.15, 0.2) is 5.82 Å². The second-order valence-corrected chi connectivity index (χ2v) is 12.0. The first-order valence-corrected chi connectivity index (χ1v) is 13.3. The number of rotatable bonds is 7. The Bertz CT molecular complexity index is 1080. The van der Waals surface area contributed by atoms with Crippen molar-refractivity contribution in [2.24, 2.45) is 17.8 Å². The van der Waals surface area contributed by atoms with Gasteiger partial charge in [0.25, 0.3) is 0 Å². The average Bonchev–Trinajstić information content (AvgIpc) is 3.11. The van der Waals surface area contributed by atoms with E-state index in [0.29, 0.717) is 11.0 Å². The van der Waals surface area contributed by atoms with E-state index in [4.69, 9.17) is 10.6 Å². The fourth-order valence-corrected chi connectivity index (χ4v) is 7.40. The summed E-state index contributed by atoms with van der Waals surface area (Å²) in [5.74, 6) is 9.18. The Morgan fingerprint density at radius 2 is 1.74 bits per heavy atom. The van der Waals surface area contributed by atoms with Crippen molar-refractivity contribution in [3.05, 3.63) is 35.2 Å². The fraction of sp³-hybridized carbons (Fsp3) is 0.600. The van der Waals surface area contributed by atoms with Crippen molar-refractivity contribution in [1.29, 1.82) is 0 Å². The zero-order valence-corrected chi connectivity index (χ0v) is 21.4. The van der Waals surface area contributed by atoms with E-state index in [-0.39, 0.29) is 18.1 Å². The van der Waals surface area contributed by atoms with Crippen LogP contribution in [-0.4, -0.2) is 37.6 Å². The number of aromatic nitrogens is 3. The molecule has 0 aliphatic heterocycles. The van der Waals surface area contributed by atoms with Crippen LogP contribution >= 0.6 is 11.8 Å². The molecule has 0 spiro atoms. The number of urea groups is 1. The number of nitrogens with one attached hydrogen (secondary N) is 2. The number of nitrogens with two attached hydrogens (primary N) is 1. The molecular weight excluding hydrogens is 464 g/mol. The van der Waals surface area contributed by atoms with E-state index in [1.165, 1.54) is 23.9 Å². The summed E-state index contributed by atoms with van der Waals surface area (Å²) in [6.07, 6.45) is 7.00. The van der Waals surface area contributed by atoms with Gasteiger partial charge < -0.3 is 15.9 Å². The molecular formula is C25H34N6O3S. The Balaban J connectivity index is 1.14. The number of ether oxygens (including phenoxy) is 1. The van der Waals surface area contributed by atoms with Gasteiger partial charge in [-0.05, 0) is 88.2 Å². The Labute approximate surface area is 209 Å². The Morgan fingerprint density at radius 1 is 1.14 bits per heavy atom. The van der Waals surface area contributed by atoms with Crippen LogP contribution < -0.4 is 21.2 Å². The molecule has 3 amide bonds. The lowest BCUT2D eigenvalue weighted by Gasteiger charge is -2.56. The molecule has 4 aliphatic rings. The molecule has 1 heterocycles. The standard InChI is InChI=1S/C25H34N6O3S/c1-14-5-4-6-15(2)21(14)34-13-20-29-30-24(31(20)26)35-16(3)22(32)27-23(33)28-25-10-17-7-18(11-25)9-19(8-17)12-25/h4-6,16-19H,7-13,26H2,1-3H3,(H2,27,28,32,33). The van der Waals surface area contributed by atoms with E-state index in [0.717, 1.165) is 65.7 Å². The third-order valence-corrected chi connectivity index (χ3v) is 8.85. The van der Waals surface area contributed by atoms with Gasteiger partial charge >= 0.3 is 6.03 Å². The van der Waals surface area contributed by atoms with Crippen LogP contribution in [0.4, 0.5) is 4.79 Å². The number of thioether (sulfide) groups is 1. The number of hydrogen-bond acceptors (Lipinski definition) is 7. The van der Waals surface area contributed by atoms with Gasteiger partial charge in [-0.15, -0.1) is 10.2 Å². The normalized spacial score (nSPS) is 27.5. The Morgan fingerprint density at radius 3 is 2.34 bits per heavy atom. The summed E-state index contributed by atoms with van der Waals surface area (Å²) >= 11 is 1.16. The summed E-state index contributed by atoms with van der Waals surface area (Å²) in [6.45, 7) is 5.84. The minimum atomic E-state index is -0.573. The molecule has 4 bridgehead atoms. The van der Waals surface area contributed by atoms with Crippen LogP contribution in [0.1, 0.15) is 62.4 Å². The molecule has 0 saturated heterocycles. The third kappa shape index (κ3) is 4.98. The van der Waals surface area contributed by atoms with Gasteiger partial charge in [-0.3, -0.25) is 10.1 Å². The van der Waals surface area contributed by atoms with E-state index in [2.05, 4.69) is 20.8 Å². The van der Waals surface area contributed by atoms with Crippen molar-refractivity contribution in [3.63, 3.8) is 0 Å². The van der Waals surface area contributed by atoms with Gasteiger partial charge in [0.2, 0.25) is 11.1 Å². The lowest BCUT2D eigenvalue weighted by molar-refractivity contribution is -0.119. The number of aryl methyl sites for hydroxylation is 2. The van der Waals surface area contributed by atoms with Crippen LogP contribution in [-0.2, 0) is 11.4 Å². The second kappa shape index (κ2) is 9.37. The van der Waals surface area contributed by atoms with Gasteiger partial charge in [0.1, 0.15) is 12.4 Å². The number of nitrogen functional groups attached to an aromatic ring is 1. The van der Waals surface area contributed by atoms with Crippen LogP contribution in [0.15, 0.2) is 23.4 Å². The molecule has 1 atom stereocenters. The van der Waals surface area contributed by atoms with Crippen molar-refractivity contribution < 1.29 is 14.3 Å². The topological polar surface area (TPSA) is 124 Å². The molecule has 4 N–H and O–H groups in total. The minimum Gasteiger partial charge on any atom is -0.485 e. The average molecular weight is 499 g/mol. The monoisotopic (exact) mass is 498 g/mol. The number of para-hydroxylation sites is 1. The highest BCUT2D eigenvalue weighted by Gasteiger charge is 2.51. The summed E-state index contributed by atoms with van der Waals surface area (Å²) in [5.41, 5.74) is 1.91. The summed E-state index contributed by atoms with van der Waals surface area (Å²) < 4.78 is 7.25. The molecule has 2 aromatic rings. The molecule has 1 unspecified atom stereocenters. The fourth-order valence-electron chi connectivity index (χ4n) is 6.61. The van der Waals surface area contributed by atoms with E-state index < -0.39 is 11.3 Å². The van der Waals surface area contributed by atoms with Crippen LogP contribution in [0.2, 0.25) is 0 Å². The molecule has 6 rings (SSSR count). The summed E-state index contributed by atoms with van der Waals surface area (Å²) in [7, 11) is 0. The lowest BCUT2D eigenvalue weighted by atomic mass is 9.53. The highest BCUT2D eigenvalue weighted by molar-refractivity contribution is 8.00. The van der Waals surface area contributed by atoms with Crippen molar-refractivity contribution in [3.8, 4) is 5.75 Å². The number of nitrogens with zero attached hydrogens (tertiary/aromatic N) is 3. The summed E-state index contributed by atoms with van der Waals surface area (Å²) in [6, 6.07) is 5.54. The molecule has 4 saturated carbocycles. The first kappa shape index (κ1) is 24.0. The second-order valence-electron chi connectivity index (χ2n) is 10.7. The quantitative estimate of drug-likeness (QED) is 0.394. The number of amides is 3. The van der Waals surface area contributed by atoms with Gasteiger partial charge in [-0.2, -0.15) is 0 Å². The Hall–Kier alpha value is -2.75. The van der Waals surface area contributed by atoms with Crippen LogP contribution in [0.3, 0.4) is 0 Å².